The molecule has 1 aliphatic heterocycles. The van der Waals surface area contributed by atoms with Crippen molar-refractivity contribution in [3.05, 3.63) is 54.0 Å². The number of piperidine rings is 1. The molecule has 0 amide bonds. The van der Waals surface area contributed by atoms with Gasteiger partial charge in [0.2, 0.25) is 10.0 Å². The van der Waals surface area contributed by atoms with Crippen molar-refractivity contribution in [1.82, 2.24) is 9.29 Å². The van der Waals surface area contributed by atoms with Gasteiger partial charge in [-0.2, -0.15) is 9.41 Å². The minimum absolute atomic E-state index is 0.165. The molecule has 6 nitrogen and oxygen atoms in total. The van der Waals surface area contributed by atoms with E-state index in [0.717, 1.165) is 19.3 Å². The third-order valence-corrected chi connectivity index (χ3v) is 5.86. The maximum absolute atomic E-state index is 13.5. The Balaban J connectivity index is 1.67. The highest BCUT2D eigenvalue weighted by Gasteiger charge is 2.25. The van der Waals surface area contributed by atoms with Crippen LogP contribution in [0.25, 0.3) is 0 Å². The van der Waals surface area contributed by atoms with Gasteiger partial charge in [-0.1, -0.05) is 24.6 Å². The highest BCUT2D eigenvalue weighted by atomic mass is 32.2. The molecule has 0 bridgehead atoms. The fourth-order valence-electron chi connectivity index (χ4n) is 2.60. The maximum atomic E-state index is 13.5. The predicted octanol–water partition coefficient (Wildman–Crippen LogP) is 2.84. The normalized spacial score (nSPS) is 16.2. The van der Waals surface area contributed by atoms with Crippen LogP contribution in [0.1, 0.15) is 24.8 Å². The molecule has 1 aromatic heterocycles. The van der Waals surface area contributed by atoms with Gasteiger partial charge in [0, 0.05) is 24.8 Å². The van der Waals surface area contributed by atoms with Gasteiger partial charge in [-0.3, -0.25) is 5.43 Å². The van der Waals surface area contributed by atoms with Crippen LogP contribution in [-0.4, -0.2) is 37.0 Å². The Bertz CT molecular complexity index is 847. The average molecular weight is 362 g/mol. The van der Waals surface area contributed by atoms with Crippen molar-refractivity contribution in [1.29, 1.82) is 0 Å². The quantitative estimate of drug-likeness (QED) is 0.656. The van der Waals surface area contributed by atoms with Crippen molar-refractivity contribution >= 4 is 22.1 Å². The lowest BCUT2D eigenvalue weighted by atomic mass is 10.2. The first kappa shape index (κ1) is 17.5. The third-order valence-electron chi connectivity index (χ3n) is 3.98. The third kappa shape index (κ3) is 4.21. The molecule has 1 saturated heterocycles. The molecule has 0 aliphatic carbocycles. The standard InChI is InChI=1S/C17H19FN4O2S/c18-16-7-3-2-6-14(16)12-20-21-17-9-8-15(13-19-17)25(23,24)22-10-4-1-5-11-22/h2-3,6-9,12-13H,1,4-5,10-11H2,(H,19,21)/b20-12+. The van der Waals surface area contributed by atoms with E-state index in [1.54, 1.807) is 18.2 Å². The first-order valence-electron chi connectivity index (χ1n) is 8.07. The first-order chi connectivity index (χ1) is 12.1. The number of halogens is 1. The lowest BCUT2D eigenvalue weighted by molar-refractivity contribution is 0.346. The SMILES string of the molecule is O=S(=O)(c1ccc(N/N=C/c2ccccc2F)nc1)N1CCCCC1. The Hall–Kier alpha value is -2.32. The molecular weight excluding hydrogens is 343 g/mol. The summed E-state index contributed by atoms with van der Waals surface area (Å²) in [6.45, 7) is 1.10. The van der Waals surface area contributed by atoms with Crippen LogP contribution in [0.5, 0.6) is 0 Å². The van der Waals surface area contributed by atoms with Gasteiger partial charge in [0.1, 0.15) is 16.5 Å². The second-order valence-electron chi connectivity index (χ2n) is 5.74. The minimum atomic E-state index is -3.49. The van der Waals surface area contributed by atoms with E-state index in [2.05, 4.69) is 15.5 Å². The Labute approximate surface area is 146 Å². The summed E-state index contributed by atoms with van der Waals surface area (Å²) in [5.41, 5.74) is 3.01. The van der Waals surface area contributed by atoms with Crippen LogP contribution in [-0.2, 0) is 10.0 Å². The number of nitrogens with zero attached hydrogens (tertiary/aromatic N) is 3. The van der Waals surface area contributed by atoms with Gasteiger partial charge in [-0.25, -0.2) is 17.8 Å². The Kier molecular flexibility index (Phi) is 5.40. The van der Waals surface area contributed by atoms with E-state index < -0.39 is 10.0 Å². The van der Waals surface area contributed by atoms with E-state index in [1.807, 2.05) is 0 Å². The monoisotopic (exact) mass is 362 g/mol. The number of aromatic nitrogens is 1. The van der Waals surface area contributed by atoms with Crippen molar-refractivity contribution in [2.75, 3.05) is 18.5 Å². The van der Waals surface area contributed by atoms with Crippen LogP contribution in [0.15, 0.2) is 52.6 Å². The number of pyridine rings is 1. The van der Waals surface area contributed by atoms with Crippen molar-refractivity contribution < 1.29 is 12.8 Å². The number of anilines is 1. The number of hydrogen-bond donors (Lipinski definition) is 1. The van der Waals surface area contributed by atoms with Crippen LogP contribution < -0.4 is 5.43 Å². The molecule has 0 unspecified atom stereocenters. The summed E-state index contributed by atoms with van der Waals surface area (Å²) in [5, 5.41) is 3.92. The van der Waals surface area contributed by atoms with Gasteiger partial charge in [-0.05, 0) is 31.0 Å². The van der Waals surface area contributed by atoms with E-state index >= 15 is 0 Å². The van der Waals surface area contributed by atoms with Crippen LogP contribution in [0.2, 0.25) is 0 Å². The molecule has 132 valence electrons. The summed E-state index contributed by atoms with van der Waals surface area (Å²) in [5.74, 6) is 0.00849. The number of sulfonamides is 1. The summed E-state index contributed by atoms with van der Waals surface area (Å²) < 4.78 is 40.0. The van der Waals surface area contributed by atoms with Crippen molar-refractivity contribution in [3.63, 3.8) is 0 Å². The molecule has 2 aromatic rings. The molecule has 1 aromatic carbocycles. The van der Waals surface area contributed by atoms with Crippen LogP contribution in [0, 0.1) is 5.82 Å². The number of benzene rings is 1. The van der Waals surface area contributed by atoms with Crippen molar-refractivity contribution in [2.24, 2.45) is 5.10 Å². The van der Waals surface area contributed by atoms with E-state index in [0.29, 0.717) is 24.5 Å². The average Bonchev–Trinajstić information content (AvgIpc) is 2.64. The number of nitrogens with one attached hydrogen (secondary N) is 1. The number of hydrazone groups is 1. The predicted molar refractivity (Wildman–Crippen MR) is 94.5 cm³/mol. The van der Waals surface area contributed by atoms with Gasteiger partial charge in [0.15, 0.2) is 0 Å². The maximum Gasteiger partial charge on any atom is 0.244 e. The fraction of sp³-hybridized carbons (Fsp3) is 0.294. The second kappa shape index (κ2) is 7.71. The molecule has 1 fully saturated rings. The first-order valence-corrected chi connectivity index (χ1v) is 9.51. The molecule has 0 spiro atoms. The van der Waals surface area contributed by atoms with E-state index in [9.17, 15) is 12.8 Å². The van der Waals surface area contributed by atoms with Gasteiger partial charge in [-0.15, -0.1) is 0 Å². The molecule has 1 N–H and O–H groups in total. The molecule has 1 aliphatic rings. The Morgan fingerprint density at radius 3 is 2.56 bits per heavy atom. The van der Waals surface area contributed by atoms with Crippen LogP contribution in [0.3, 0.4) is 0 Å². The summed E-state index contributed by atoms with van der Waals surface area (Å²) in [6.07, 6.45) is 5.49. The summed E-state index contributed by atoms with van der Waals surface area (Å²) in [4.78, 5) is 4.23. The van der Waals surface area contributed by atoms with Crippen LogP contribution in [0.4, 0.5) is 10.2 Å². The summed E-state index contributed by atoms with van der Waals surface area (Å²) in [7, 11) is -3.49. The zero-order valence-corrected chi connectivity index (χ0v) is 14.4. The second-order valence-corrected chi connectivity index (χ2v) is 7.67. The van der Waals surface area contributed by atoms with E-state index in [-0.39, 0.29) is 10.7 Å². The largest absolute Gasteiger partial charge is 0.261 e. The molecule has 0 radical (unpaired) electrons. The summed E-state index contributed by atoms with van der Waals surface area (Å²) >= 11 is 0. The number of rotatable bonds is 5. The molecule has 8 heteroatoms. The lowest BCUT2D eigenvalue weighted by Crippen LogP contribution is -2.35. The molecule has 3 rings (SSSR count). The fourth-order valence-corrected chi connectivity index (χ4v) is 4.06. The smallest absolute Gasteiger partial charge is 0.244 e. The van der Waals surface area contributed by atoms with Gasteiger partial charge in [0.25, 0.3) is 0 Å². The Morgan fingerprint density at radius 2 is 1.88 bits per heavy atom. The number of hydrogen-bond acceptors (Lipinski definition) is 5. The lowest BCUT2D eigenvalue weighted by Gasteiger charge is -2.25. The zero-order valence-electron chi connectivity index (χ0n) is 13.6. The summed E-state index contributed by atoms with van der Waals surface area (Å²) in [6, 6.07) is 9.29. The van der Waals surface area contributed by atoms with Crippen molar-refractivity contribution in [2.45, 2.75) is 24.2 Å². The minimum Gasteiger partial charge on any atom is -0.261 e. The molecule has 2 heterocycles. The Morgan fingerprint density at radius 1 is 1.12 bits per heavy atom. The molecule has 0 atom stereocenters. The zero-order chi connectivity index (χ0) is 17.7. The molecular formula is C17H19FN4O2S. The topological polar surface area (TPSA) is 74.7 Å². The van der Waals surface area contributed by atoms with Gasteiger partial charge in [0.05, 0.1) is 6.21 Å². The molecule has 0 saturated carbocycles. The highest BCUT2D eigenvalue weighted by Crippen LogP contribution is 2.20. The van der Waals surface area contributed by atoms with E-state index in [1.165, 1.54) is 34.9 Å². The van der Waals surface area contributed by atoms with E-state index in [4.69, 9.17) is 0 Å². The highest BCUT2D eigenvalue weighted by molar-refractivity contribution is 7.89. The van der Waals surface area contributed by atoms with Gasteiger partial charge < -0.3 is 0 Å². The van der Waals surface area contributed by atoms with Gasteiger partial charge >= 0.3 is 0 Å². The molecule has 25 heavy (non-hydrogen) atoms. The van der Waals surface area contributed by atoms with Crippen LogP contribution >= 0.6 is 0 Å². The van der Waals surface area contributed by atoms with Crippen molar-refractivity contribution in [3.8, 4) is 0 Å².